The molecule has 0 radical (unpaired) electrons. The van der Waals surface area contributed by atoms with Gasteiger partial charge in [0.15, 0.2) is 0 Å². The van der Waals surface area contributed by atoms with Crippen molar-refractivity contribution in [3.63, 3.8) is 0 Å². The van der Waals surface area contributed by atoms with Crippen LogP contribution in [0.1, 0.15) is 40.0 Å². The minimum absolute atomic E-state index is 0.529. The molecule has 0 atom stereocenters. The maximum atomic E-state index is 11.0. The molecule has 0 bridgehead atoms. The Morgan fingerprint density at radius 2 is 1.71 bits per heavy atom. The van der Waals surface area contributed by atoms with E-state index in [1.54, 1.807) is 6.92 Å². The van der Waals surface area contributed by atoms with Crippen molar-refractivity contribution in [1.29, 1.82) is 0 Å². The summed E-state index contributed by atoms with van der Waals surface area (Å²) < 4.78 is 4.86. The van der Waals surface area contributed by atoms with Crippen molar-refractivity contribution in [2.75, 3.05) is 0 Å². The van der Waals surface area contributed by atoms with Crippen LogP contribution < -0.4 is 0 Å². The van der Waals surface area contributed by atoms with Crippen LogP contribution in [0.3, 0.4) is 0 Å². The fourth-order valence-electron chi connectivity index (χ4n) is 1.15. The highest BCUT2D eigenvalue weighted by atomic mass is 16.5. The van der Waals surface area contributed by atoms with E-state index in [2.05, 4.69) is 0 Å². The number of carboxylic acids is 1. The summed E-state index contributed by atoms with van der Waals surface area (Å²) in [7, 11) is 0. The molecule has 0 aliphatic carbocycles. The van der Waals surface area contributed by atoms with Crippen LogP contribution in [0.2, 0.25) is 0 Å². The number of esters is 1. The van der Waals surface area contributed by atoms with E-state index < -0.39 is 18.4 Å². The first-order valence-electron chi connectivity index (χ1n) is 4.62. The van der Waals surface area contributed by atoms with Crippen LogP contribution in [0.4, 0.5) is 0 Å². The molecular formula is C10H16O4. The summed E-state index contributed by atoms with van der Waals surface area (Å²) in [5.41, 5.74) is 1.03. The van der Waals surface area contributed by atoms with Gasteiger partial charge >= 0.3 is 11.9 Å². The fraction of sp³-hybridized carbons (Fsp3) is 0.600. The molecule has 0 aromatic rings. The van der Waals surface area contributed by atoms with Crippen LogP contribution in [0.5, 0.6) is 0 Å². The van der Waals surface area contributed by atoms with Crippen molar-refractivity contribution in [2.45, 2.75) is 40.0 Å². The maximum Gasteiger partial charge on any atom is 0.322 e. The molecule has 4 heteroatoms. The Bertz CT molecular complexity index is 247. The summed E-state index contributed by atoms with van der Waals surface area (Å²) in [6.07, 6.45) is 1.03. The summed E-state index contributed by atoms with van der Waals surface area (Å²) in [5.74, 6) is -1.35. The van der Waals surface area contributed by atoms with Gasteiger partial charge < -0.3 is 9.84 Å². The lowest BCUT2D eigenvalue weighted by Gasteiger charge is -2.07. The summed E-state index contributed by atoms with van der Waals surface area (Å²) in [6.45, 7) is 5.61. The number of rotatable bonds is 5. The van der Waals surface area contributed by atoms with Crippen LogP contribution in [-0.2, 0) is 14.3 Å². The van der Waals surface area contributed by atoms with Gasteiger partial charge in [0, 0.05) is 0 Å². The fourth-order valence-corrected chi connectivity index (χ4v) is 1.15. The molecule has 80 valence electrons. The second-order valence-electron chi connectivity index (χ2n) is 2.91. The number of hydrogen-bond donors (Lipinski definition) is 1. The molecule has 0 aromatic heterocycles. The Morgan fingerprint density at radius 3 is 2.07 bits per heavy atom. The van der Waals surface area contributed by atoms with Crippen molar-refractivity contribution >= 4 is 11.9 Å². The molecule has 0 rings (SSSR count). The third-order valence-corrected chi connectivity index (χ3v) is 1.91. The zero-order chi connectivity index (χ0) is 11.1. The molecule has 0 spiro atoms. The molecule has 0 aliphatic rings. The molecule has 14 heavy (non-hydrogen) atoms. The van der Waals surface area contributed by atoms with E-state index in [1.807, 2.05) is 13.8 Å². The third kappa shape index (κ3) is 4.64. The van der Waals surface area contributed by atoms with E-state index >= 15 is 0 Å². The number of hydrogen-bond acceptors (Lipinski definition) is 3. The summed E-state index contributed by atoms with van der Waals surface area (Å²) >= 11 is 0. The van der Waals surface area contributed by atoms with Crippen LogP contribution in [0, 0.1) is 0 Å². The maximum absolute atomic E-state index is 11.0. The minimum Gasteiger partial charge on any atom is -0.481 e. The van der Waals surface area contributed by atoms with Gasteiger partial charge in [-0.15, -0.1) is 0 Å². The molecule has 0 heterocycles. The largest absolute Gasteiger partial charge is 0.481 e. The highest BCUT2D eigenvalue weighted by Gasteiger charge is 2.11. The normalized spacial score (nSPS) is 9.36. The lowest BCUT2D eigenvalue weighted by molar-refractivity contribution is -0.148. The highest BCUT2D eigenvalue weighted by molar-refractivity contribution is 5.90. The zero-order valence-corrected chi connectivity index (χ0v) is 8.79. The molecule has 0 saturated heterocycles. The van der Waals surface area contributed by atoms with Gasteiger partial charge in [-0.25, -0.2) is 0 Å². The predicted octanol–water partition coefficient (Wildman–Crippen LogP) is 2.10. The number of carbonyl (C=O) groups excluding carboxylic acids is 1. The average molecular weight is 200 g/mol. The number of ether oxygens (including phenoxy) is 1. The van der Waals surface area contributed by atoms with Crippen molar-refractivity contribution in [3.05, 3.63) is 11.3 Å². The number of carbonyl (C=O) groups is 2. The quantitative estimate of drug-likeness (QED) is 0.419. The van der Waals surface area contributed by atoms with E-state index in [0.717, 1.165) is 18.4 Å². The Morgan fingerprint density at radius 1 is 1.21 bits per heavy atom. The van der Waals surface area contributed by atoms with Crippen molar-refractivity contribution in [2.24, 2.45) is 0 Å². The molecule has 0 fully saturated rings. The summed E-state index contributed by atoms with van der Waals surface area (Å²) in [6, 6.07) is 0. The minimum atomic E-state index is -1.17. The lowest BCUT2D eigenvalue weighted by Crippen LogP contribution is -2.10. The summed E-state index contributed by atoms with van der Waals surface area (Å²) in [4.78, 5) is 21.1. The van der Waals surface area contributed by atoms with Gasteiger partial charge in [-0.05, 0) is 25.3 Å². The van der Waals surface area contributed by atoms with Crippen LogP contribution in [0.15, 0.2) is 11.3 Å². The van der Waals surface area contributed by atoms with Crippen molar-refractivity contribution < 1.29 is 19.4 Å². The van der Waals surface area contributed by atoms with E-state index in [4.69, 9.17) is 9.84 Å². The Balaban J connectivity index is 4.29. The topological polar surface area (TPSA) is 63.6 Å². The van der Waals surface area contributed by atoms with Gasteiger partial charge in [0.25, 0.3) is 0 Å². The van der Waals surface area contributed by atoms with E-state index in [1.165, 1.54) is 0 Å². The molecule has 0 saturated carbocycles. The average Bonchev–Trinajstić information content (AvgIpc) is 2.04. The van der Waals surface area contributed by atoms with E-state index in [0.29, 0.717) is 5.76 Å². The van der Waals surface area contributed by atoms with Crippen LogP contribution in [-0.4, -0.2) is 17.0 Å². The van der Waals surface area contributed by atoms with Gasteiger partial charge in [0.1, 0.15) is 12.2 Å². The first kappa shape index (κ1) is 12.7. The SMILES string of the molecule is CCC(CC)=C(C)OC(=O)CC(=O)O. The Labute approximate surface area is 83.6 Å². The van der Waals surface area contributed by atoms with Gasteiger partial charge in [0.2, 0.25) is 0 Å². The van der Waals surface area contributed by atoms with Crippen LogP contribution >= 0.6 is 0 Å². The molecule has 4 nitrogen and oxygen atoms in total. The van der Waals surface area contributed by atoms with E-state index in [9.17, 15) is 9.59 Å². The molecule has 0 aliphatic heterocycles. The van der Waals surface area contributed by atoms with Gasteiger partial charge in [-0.3, -0.25) is 9.59 Å². The lowest BCUT2D eigenvalue weighted by atomic mass is 10.1. The standard InChI is InChI=1S/C10H16O4/c1-4-8(5-2)7(3)14-10(13)6-9(11)12/h4-6H2,1-3H3,(H,11,12). The number of carboxylic acid groups (broad SMARTS) is 1. The first-order chi connectivity index (χ1) is 6.51. The van der Waals surface area contributed by atoms with Crippen LogP contribution in [0.25, 0.3) is 0 Å². The smallest absolute Gasteiger partial charge is 0.322 e. The molecule has 0 amide bonds. The van der Waals surface area contributed by atoms with E-state index in [-0.39, 0.29) is 0 Å². The monoisotopic (exact) mass is 200 g/mol. The Kier molecular flexibility index (Phi) is 5.60. The number of allylic oxidation sites excluding steroid dienone is 2. The first-order valence-corrected chi connectivity index (χ1v) is 4.62. The second kappa shape index (κ2) is 6.18. The van der Waals surface area contributed by atoms with Crippen molar-refractivity contribution in [3.8, 4) is 0 Å². The highest BCUT2D eigenvalue weighted by Crippen LogP contribution is 2.13. The second-order valence-corrected chi connectivity index (χ2v) is 2.91. The zero-order valence-electron chi connectivity index (χ0n) is 8.79. The number of aliphatic carboxylic acids is 1. The summed E-state index contributed by atoms with van der Waals surface area (Å²) in [5, 5.41) is 8.33. The Hall–Kier alpha value is -1.32. The molecule has 1 N–H and O–H groups in total. The van der Waals surface area contributed by atoms with Crippen molar-refractivity contribution in [1.82, 2.24) is 0 Å². The molecule has 0 aromatic carbocycles. The third-order valence-electron chi connectivity index (χ3n) is 1.91. The van der Waals surface area contributed by atoms with Gasteiger partial charge in [-0.2, -0.15) is 0 Å². The predicted molar refractivity (Wildman–Crippen MR) is 51.6 cm³/mol. The molecule has 0 unspecified atom stereocenters. The van der Waals surface area contributed by atoms with Gasteiger partial charge in [0.05, 0.1) is 0 Å². The molecular weight excluding hydrogens is 184 g/mol. The van der Waals surface area contributed by atoms with Gasteiger partial charge in [-0.1, -0.05) is 13.8 Å².